The highest BCUT2D eigenvalue weighted by atomic mass is 35.5. The van der Waals surface area contributed by atoms with Crippen molar-refractivity contribution in [3.8, 4) is 11.5 Å². The van der Waals surface area contributed by atoms with Crippen molar-refractivity contribution in [3.05, 3.63) is 47.0 Å². The molecule has 0 bridgehead atoms. The molecule has 0 fully saturated rings. The molecule has 0 aliphatic carbocycles. The standard InChI is InChI=1S/C25H31ClN4O5/c1-16(2)9-10-27-23(31)14-29-13-17-7-5-6-8-20(17)30(25(29)33)15-24(32)28-19-11-18(26)21(34-3)12-22(19)35-4/h5-8,11-12,16H,9-10,13-15H2,1-4H3,(H,27,31)(H,28,32). The number of amides is 4. The molecule has 2 N–H and O–H groups in total. The van der Waals surface area contributed by atoms with Gasteiger partial charge in [0.05, 0.1) is 37.2 Å². The molecule has 4 amide bonds. The Labute approximate surface area is 210 Å². The fourth-order valence-corrected chi connectivity index (χ4v) is 3.99. The zero-order valence-corrected chi connectivity index (χ0v) is 21.1. The van der Waals surface area contributed by atoms with Gasteiger partial charge in [0.15, 0.2) is 0 Å². The third-order valence-corrected chi connectivity index (χ3v) is 5.87. The van der Waals surface area contributed by atoms with Gasteiger partial charge >= 0.3 is 6.03 Å². The first kappa shape index (κ1) is 26.2. The number of anilines is 2. The number of nitrogens with one attached hydrogen (secondary N) is 2. The van der Waals surface area contributed by atoms with Crippen molar-refractivity contribution in [3.63, 3.8) is 0 Å². The SMILES string of the molecule is COc1cc(OC)c(NC(=O)CN2C(=O)N(CC(=O)NCCC(C)C)Cc3ccccc32)cc1Cl. The lowest BCUT2D eigenvalue weighted by Gasteiger charge is -2.36. The third kappa shape index (κ3) is 6.57. The van der Waals surface area contributed by atoms with Crippen molar-refractivity contribution in [2.24, 2.45) is 5.92 Å². The number of carbonyl (C=O) groups excluding carboxylic acids is 3. The first-order valence-electron chi connectivity index (χ1n) is 11.4. The van der Waals surface area contributed by atoms with Crippen LogP contribution in [-0.4, -0.2) is 56.6 Å². The molecule has 0 spiro atoms. The minimum atomic E-state index is -0.448. The summed E-state index contributed by atoms with van der Waals surface area (Å²) in [6.45, 7) is 4.64. The molecule has 0 saturated heterocycles. The summed E-state index contributed by atoms with van der Waals surface area (Å²) >= 11 is 6.20. The van der Waals surface area contributed by atoms with Crippen LogP contribution in [0.15, 0.2) is 36.4 Å². The Morgan fingerprint density at radius 3 is 2.46 bits per heavy atom. The maximum Gasteiger partial charge on any atom is 0.325 e. The average Bonchev–Trinajstić information content (AvgIpc) is 2.81. The van der Waals surface area contributed by atoms with E-state index in [1.807, 2.05) is 12.1 Å². The minimum Gasteiger partial charge on any atom is -0.495 e. The Morgan fingerprint density at radius 1 is 1.06 bits per heavy atom. The first-order valence-corrected chi connectivity index (χ1v) is 11.7. The highest BCUT2D eigenvalue weighted by Gasteiger charge is 2.32. The lowest BCUT2D eigenvalue weighted by atomic mass is 10.1. The van der Waals surface area contributed by atoms with Gasteiger partial charge in [-0.2, -0.15) is 0 Å². The molecule has 0 radical (unpaired) electrons. The molecule has 2 aromatic rings. The van der Waals surface area contributed by atoms with Crippen LogP contribution in [0.3, 0.4) is 0 Å². The molecule has 0 saturated carbocycles. The molecule has 3 rings (SSSR count). The van der Waals surface area contributed by atoms with Gasteiger partial charge in [-0.25, -0.2) is 4.79 Å². The summed E-state index contributed by atoms with van der Waals surface area (Å²) in [6, 6.07) is 10.00. The second-order valence-electron chi connectivity index (χ2n) is 8.62. The second kappa shape index (κ2) is 11.8. The average molecular weight is 503 g/mol. The minimum absolute atomic E-state index is 0.0920. The quantitative estimate of drug-likeness (QED) is 0.513. The molecule has 1 aliphatic heterocycles. The predicted octanol–water partition coefficient (Wildman–Crippen LogP) is 3.90. The molecular formula is C25H31ClN4O5. The van der Waals surface area contributed by atoms with E-state index in [-0.39, 0.29) is 25.5 Å². The van der Waals surface area contributed by atoms with E-state index >= 15 is 0 Å². The van der Waals surface area contributed by atoms with Crippen LogP contribution in [0.25, 0.3) is 0 Å². The maximum atomic E-state index is 13.3. The molecule has 188 valence electrons. The summed E-state index contributed by atoms with van der Waals surface area (Å²) in [5.41, 5.74) is 1.83. The number of hydrogen-bond acceptors (Lipinski definition) is 5. The summed E-state index contributed by atoms with van der Waals surface area (Å²) < 4.78 is 10.5. The van der Waals surface area contributed by atoms with Gasteiger partial charge in [0.1, 0.15) is 24.6 Å². The van der Waals surface area contributed by atoms with Gasteiger partial charge in [0, 0.05) is 12.6 Å². The molecule has 1 aliphatic rings. The first-order chi connectivity index (χ1) is 16.7. The number of halogens is 1. The van der Waals surface area contributed by atoms with E-state index in [1.54, 1.807) is 18.2 Å². The fraction of sp³-hybridized carbons (Fsp3) is 0.400. The highest BCUT2D eigenvalue weighted by Crippen LogP contribution is 2.36. The van der Waals surface area contributed by atoms with E-state index in [2.05, 4.69) is 24.5 Å². The van der Waals surface area contributed by atoms with Gasteiger partial charge in [0.25, 0.3) is 0 Å². The Kier molecular flexibility index (Phi) is 8.81. The summed E-state index contributed by atoms with van der Waals surface area (Å²) in [7, 11) is 2.95. The Morgan fingerprint density at radius 2 is 1.77 bits per heavy atom. The van der Waals surface area contributed by atoms with E-state index in [4.69, 9.17) is 21.1 Å². The number of carbonyl (C=O) groups is 3. The molecule has 1 heterocycles. The van der Waals surface area contributed by atoms with Crippen LogP contribution >= 0.6 is 11.6 Å². The number of ether oxygens (including phenoxy) is 2. The fourth-order valence-electron chi connectivity index (χ4n) is 3.75. The Balaban J connectivity index is 1.75. The number of fused-ring (bicyclic) bond motifs is 1. The van der Waals surface area contributed by atoms with Crippen molar-refractivity contribution in [1.82, 2.24) is 10.2 Å². The number of methoxy groups -OCH3 is 2. The molecule has 0 aromatic heterocycles. The van der Waals surface area contributed by atoms with Crippen LogP contribution in [0.5, 0.6) is 11.5 Å². The van der Waals surface area contributed by atoms with E-state index in [1.165, 1.54) is 30.1 Å². The van der Waals surface area contributed by atoms with Gasteiger partial charge in [-0.1, -0.05) is 43.6 Å². The maximum absolute atomic E-state index is 13.3. The van der Waals surface area contributed by atoms with Crippen LogP contribution in [0, 0.1) is 5.92 Å². The zero-order chi connectivity index (χ0) is 25.5. The van der Waals surface area contributed by atoms with E-state index in [0.29, 0.717) is 40.4 Å². The molecule has 0 unspecified atom stereocenters. The highest BCUT2D eigenvalue weighted by molar-refractivity contribution is 6.32. The van der Waals surface area contributed by atoms with Crippen LogP contribution in [-0.2, 0) is 16.1 Å². The molecule has 0 atom stereocenters. The van der Waals surface area contributed by atoms with Crippen molar-refractivity contribution in [2.75, 3.05) is 44.1 Å². The van der Waals surface area contributed by atoms with E-state index in [0.717, 1.165) is 12.0 Å². The molecule has 35 heavy (non-hydrogen) atoms. The summed E-state index contributed by atoms with van der Waals surface area (Å²) in [6.07, 6.45) is 0.855. The number of nitrogens with zero attached hydrogens (tertiary/aromatic N) is 2. The number of para-hydroxylation sites is 1. The van der Waals surface area contributed by atoms with Crippen LogP contribution in [0.4, 0.5) is 16.2 Å². The molecule has 9 nitrogen and oxygen atoms in total. The number of hydrogen-bond donors (Lipinski definition) is 2. The van der Waals surface area contributed by atoms with E-state index < -0.39 is 11.9 Å². The third-order valence-electron chi connectivity index (χ3n) is 5.57. The second-order valence-corrected chi connectivity index (χ2v) is 9.03. The lowest BCUT2D eigenvalue weighted by Crippen LogP contribution is -2.52. The van der Waals surface area contributed by atoms with Gasteiger partial charge in [-0.15, -0.1) is 0 Å². The molecule has 10 heteroatoms. The summed E-state index contributed by atoms with van der Waals surface area (Å²) in [5, 5.41) is 5.91. The van der Waals surface area contributed by atoms with Gasteiger partial charge in [-0.05, 0) is 30.0 Å². The number of benzene rings is 2. The number of rotatable bonds is 10. The molecular weight excluding hydrogens is 472 g/mol. The Bertz CT molecular complexity index is 1090. The Hall–Kier alpha value is -3.46. The van der Waals surface area contributed by atoms with Gasteiger partial charge < -0.3 is 25.0 Å². The van der Waals surface area contributed by atoms with Crippen molar-refractivity contribution in [1.29, 1.82) is 0 Å². The van der Waals surface area contributed by atoms with Crippen molar-refractivity contribution in [2.45, 2.75) is 26.8 Å². The number of urea groups is 1. The predicted molar refractivity (Wildman–Crippen MR) is 135 cm³/mol. The zero-order valence-electron chi connectivity index (χ0n) is 20.4. The lowest BCUT2D eigenvalue weighted by molar-refractivity contribution is -0.121. The van der Waals surface area contributed by atoms with Crippen molar-refractivity contribution >= 4 is 40.8 Å². The van der Waals surface area contributed by atoms with Gasteiger partial charge in [0.2, 0.25) is 11.8 Å². The summed E-state index contributed by atoms with van der Waals surface area (Å²) in [5.74, 6) is 0.553. The largest absolute Gasteiger partial charge is 0.495 e. The van der Waals surface area contributed by atoms with Crippen LogP contribution < -0.4 is 25.0 Å². The smallest absolute Gasteiger partial charge is 0.325 e. The monoisotopic (exact) mass is 502 g/mol. The van der Waals surface area contributed by atoms with Crippen LogP contribution in [0.2, 0.25) is 5.02 Å². The molecule has 2 aromatic carbocycles. The van der Waals surface area contributed by atoms with Crippen molar-refractivity contribution < 1.29 is 23.9 Å². The normalized spacial score (nSPS) is 12.9. The topological polar surface area (TPSA) is 100 Å². The van der Waals surface area contributed by atoms with Crippen LogP contribution in [0.1, 0.15) is 25.8 Å². The van der Waals surface area contributed by atoms with Gasteiger partial charge in [-0.3, -0.25) is 14.5 Å². The summed E-state index contributed by atoms with van der Waals surface area (Å²) in [4.78, 5) is 41.5. The van der Waals surface area contributed by atoms with E-state index in [9.17, 15) is 14.4 Å².